The van der Waals surface area contributed by atoms with Crippen LogP contribution in [-0.4, -0.2) is 75.2 Å². The Bertz CT molecular complexity index is 587. The SMILES string of the molecule is CCCN1CCC(CNC(=NC)N2CCN(c3ccc(F)cc3)CC2)C1.I. The number of anilines is 1. The number of halogens is 2. The van der Waals surface area contributed by atoms with Gasteiger partial charge in [0.05, 0.1) is 0 Å². The van der Waals surface area contributed by atoms with Crippen molar-refractivity contribution in [3.8, 4) is 0 Å². The Kier molecular flexibility index (Phi) is 9.08. The molecule has 1 aromatic rings. The molecule has 0 spiro atoms. The van der Waals surface area contributed by atoms with Crippen LogP contribution in [-0.2, 0) is 0 Å². The molecule has 0 aliphatic carbocycles. The fraction of sp³-hybridized carbons (Fsp3) is 0.650. The summed E-state index contributed by atoms with van der Waals surface area (Å²) in [6.45, 7) is 10.6. The maximum Gasteiger partial charge on any atom is 0.193 e. The maximum atomic E-state index is 13.1. The molecule has 1 N–H and O–H groups in total. The second kappa shape index (κ2) is 11.0. The summed E-state index contributed by atoms with van der Waals surface area (Å²) in [5.74, 6) is 1.55. The summed E-state index contributed by atoms with van der Waals surface area (Å²) < 4.78 is 13.1. The van der Waals surface area contributed by atoms with Crippen LogP contribution in [0.1, 0.15) is 19.8 Å². The lowest BCUT2D eigenvalue weighted by atomic mass is 10.1. The lowest BCUT2D eigenvalue weighted by molar-refractivity contribution is 0.322. The van der Waals surface area contributed by atoms with E-state index in [-0.39, 0.29) is 29.8 Å². The number of likely N-dealkylation sites (tertiary alicyclic amines) is 1. The van der Waals surface area contributed by atoms with Gasteiger partial charge in [0, 0.05) is 52.0 Å². The zero-order valence-electron chi connectivity index (χ0n) is 16.5. The van der Waals surface area contributed by atoms with Gasteiger partial charge in [0.1, 0.15) is 5.82 Å². The topological polar surface area (TPSA) is 34.1 Å². The standard InChI is InChI=1S/C20H32FN5.HI/c1-3-9-24-10-8-17(16-24)15-23-20(22-2)26-13-11-25(12-14-26)19-6-4-18(21)5-7-19;/h4-7,17H,3,8-16H2,1-2H3,(H,22,23);1H. The van der Waals surface area contributed by atoms with Gasteiger partial charge in [0.25, 0.3) is 0 Å². The van der Waals surface area contributed by atoms with Gasteiger partial charge in [-0.05, 0) is 56.1 Å². The average Bonchev–Trinajstić information content (AvgIpc) is 3.11. The molecular formula is C20H33FIN5. The molecule has 2 heterocycles. The number of guanidine groups is 1. The van der Waals surface area contributed by atoms with Gasteiger partial charge in [-0.3, -0.25) is 4.99 Å². The van der Waals surface area contributed by atoms with Gasteiger partial charge in [0.2, 0.25) is 0 Å². The van der Waals surface area contributed by atoms with E-state index in [4.69, 9.17) is 0 Å². The van der Waals surface area contributed by atoms with Crippen LogP contribution in [0.2, 0.25) is 0 Å². The molecule has 0 bridgehead atoms. The normalized spacial score (nSPS) is 21.3. The van der Waals surface area contributed by atoms with Crippen molar-refractivity contribution < 1.29 is 4.39 Å². The Labute approximate surface area is 180 Å². The summed E-state index contributed by atoms with van der Waals surface area (Å²) >= 11 is 0. The highest BCUT2D eigenvalue weighted by Crippen LogP contribution is 2.18. The summed E-state index contributed by atoms with van der Waals surface area (Å²) in [5, 5.41) is 3.59. The summed E-state index contributed by atoms with van der Waals surface area (Å²) in [7, 11) is 1.87. The first-order chi connectivity index (χ1) is 12.7. The van der Waals surface area contributed by atoms with E-state index in [0.717, 1.165) is 50.3 Å². The van der Waals surface area contributed by atoms with Crippen molar-refractivity contribution in [1.29, 1.82) is 0 Å². The minimum Gasteiger partial charge on any atom is -0.368 e. The van der Waals surface area contributed by atoms with Crippen molar-refractivity contribution in [1.82, 2.24) is 15.1 Å². The second-order valence-corrected chi connectivity index (χ2v) is 7.33. The highest BCUT2D eigenvalue weighted by molar-refractivity contribution is 14.0. The Morgan fingerprint density at radius 1 is 1.15 bits per heavy atom. The summed E-state index contributed by atoms with van der Waals surface area (Å²) in [5.41, 5.74) is 1.09. The van der Waals surface area contributed by atoms with Gasteiger partial charge in [-0.2, -0.15) is 0 Å². The molecule has 0 radical (unpaired) electrons. The molecule has 2 aliphatic heterocycles. The molecule has 7 heteroatoms. The van der Waals surface area contributed by atoms with Gasteiger partial charge in [-0.1, -0.05) is 6.92 Å². The fourth-order valence-corrected chi connectivity index (χ4v) is 4.00. The van der Waals surface area contributed by atoms with E-state index in [2.05, 4.69) is 31.9 Å². The van der Waals surface area contributed by atoms with Crippen LogP contribution in [0.5, 0.6) is 0 Å². The predicted molar refractivity (Wildman–Crippen MR) is 122 cm³/mol. The van der Waals surface area contributed by atoms with Crippen LogP contribution >= 0.6 is 24.0 Å². The van der Waals surface area contributed by atoms with E-state index >= 15 is 0 Å². The quantitative estimate of drug-likeness (QED) is 0.392. The van der Waals surface area contributed by atoms with Crippen molar-refractivity contribution in [2.75, 3.05) is 64.3 Å². The van der Waals surface area contributed by atoms with Gasteiger partial charge < -0.3 is 20.0 Å². The molecule has 3 rings (SSSR count). The Morgan fingerprint density at radius 3 is 2.48 bits per heavy atom. The molecule has 152 valence electrons. The van der Waals surface area contributed by atoms with Crippen molar-refractivity contribution in [3.63, 3.8) is 0 Å². The molecule has 0 amide bonds. The smallest absolute Gasteiger partial charge is 0.193 e. The zero-order chi connectivity index (χ0) is 18.4. The molecule has 1 unspecified atom stereocenters. The van der Waals surface area contributed by atoms with E-state index in [0.29, 0.717) is 0 Å². The lowest BCUT2D eigenvalue weighted by Crippen LogP contribution is -2.53. The Morgan fingerprint density at radius 2 is 1.85 bits per heavy atom. The largest absolute Gasteiger partial charge is 0.368 e. The molecule has 1 atom stereocenters. The first-order valence-electron chi connectivity index (χ1n) is 9.88. The number of nitrogens with one attached hydrogen (secondary N) is 1. The molecule has 2 saturated heterocycles. The average molecular weight is 489 g/mol. The maximum absolute atomic E-state index is 13.1. The highest BCUT2D eigenvalue weighted by Gasteiger charge is 2.24. The van der Waals surface area contributed by atoms with Gasteiger partial charge >= 0.3 is 0 Å². The third-order valence-corrected chi connectivity index (χ3v) is 5.44. The van der Waals surface area contributed by atoms with E-state index in [1.807, 2.05) is 19.2 Å². The van der Waals surface area contributed by atoms with Crippen LogP contribution in [0.3, 0.4) is 0 Å². The van der Waals surface area contributed by atoms with Gasteiger partial charge in [-0.25, -0.2) is 4.39 Å². The van der Waals surface area contributed by atoms with Crippen molar-refractivity contribution >= 4 is 35.6 Å². The summed E-state index contributed by atoms with van der Waals surface area (Å²) in [6.07, 6.45) is 2.52. The molecule has 5 nitrogen and oxygen atoms in total. The zero-order valence-corrected chi connectivity index (χ0v) is 18.9. The molecule has 0 saturated carbocycles. The predicted octanol–water partition coefficient (Wildman–Crippen LogP) is 2.87. The fourth-order valence-electron chi connectivity index (χ4n) is 4.00. The molecule has 0 aromatic heterocycles. The summed E-state index contributed by atoms with van der Waals surface area (Å²) in [6, 6.07) is 6.79. The number of benzene rings is 1. The van der Waals surface area contributed by atoms with Crippen LogP contribution in [0.15, 0.2) is 29.3 Å². The number of aliphatic imine (C=N–C) groups is 1. The van der Waals surface area contributed by atoms with E-state index < -0.39 is 0 Å². The molecule has 27 heavy (non-hydrogen) atoms. The third-order valence-electron chi connectivity index (χ3n) is 5.44. The number of hydrogen-bond acceptors (Lipinski definition) is 3. The van der Waals surface area contributed by atoms with Crippen molar-refractivity contribution in [3.05, 3.63) is 30.1 Å². The number of nitrogens with zero attached hydrogens (tertiary/aromatic N) is 4. The summed E-state index contributed by atoms with van der Waals surface area (Å²) in [4.78, 5) is 11.7. The van der Waals surface area contributed by atoms with E-state index in [9.17, 15) is 4.39 Å². The van der Waals surface area contributed by atoms with Crippen molar-refractivity contribution in [2.24, 2.45) is 10.9 Å². The molecule has 2 fully saturated rings. The van der Waals surface area contributed by atoms with E-state index in [1.54, 1.807) is 0 Å². The number of piperazine rings is 1. The van der Waals surface area contributed by atoms with Crippen LogP contribution in [0.4, 0.5) is 10.1 Å². The van der Waals surface area contributed by atoms with Crippen molar-refractivity contribution in [2.45, 2.75) is 19.8 Å². The minimum absolute atomic E-state index is 0. The van der Waals surface area contributed by atoms with Gasteiger partial charge in [0.15, 0.2) is 5.96 Å². The van der Waals surface area contributed by atoms with Crippen LogP contribution < -0.4 is 10.2 Å². The Hall–Kier alpha value is -1.09. The van der Waals surface area contributed by atoms with Gasteiger partial charge in [-0.15, -0.1) is 24.0 Å². The van der Waals surface area contributed by atoms with Crippen LogP contribution in [0.25, 0.3) is 0 Å². The first kappa shape index (κ1) is 22.2. The Balaban J connectivity index is 0.00000261. The first-order valence-corrected chi connectivity index (χ1v) is 9.88. The third kappa shape index (κ3) is 6.20. The van der Waals surface area contributed by atoms with Crippen LogP contribution in [0, 0.1) is 11.7 Å². The molecule has 1 aromatic carbocycles. The molecule has 2 aliphatic rings. The second-order valence-electron chi connectivity index (χ2n) is 7.33. The lowest BCUT2D eigenvalue weighted by Gasteiger charge is -2.38. The monoisotopic (exact) mass is 489 g/mol. The number of rotatable bonds is 5. The molecular weight excluding hydrogens is 456 g/mol. The minimum atomic E-state index is -0.179. The number of hydrogen-bond donors (Lipinski definition) is 1. The highest BCUT2D eigenvalue weighted by atomic mass is 127. The van der Waals surface area contributed by atoms with E-state index in [1.165, 1.54) is 44.6 Å².